The van der Waals surface area contributed by atoms with Gasteiger partial charge in [0.2, 0.25) is 5.56 Å². The molecule has 1 aromatic heterocycles. The quantitative estimate of drug-likeness (QED) is 0.681. The first-order chi connectivity index (χ1) is 10.8. The number of pyridine rings is 1. The third-order valence-corrected chi connectivity index (χ3v) is 4.08. The molecule has 6 nitrogen and oxygen atoms in total. The van der Waals surface area contributed by atoms with Crippen LogP contribution in [-0.4, -0.2) is 15.7 Å². The zero-order valence-electron chi connectivity index (χ0n) is 12.9. The molecule has 0 atom stereocenters. The summed E-state index contributed by atoms with van der Waals surface area (Å²) in [5.74, 6) is -0.0131. The molecule has 1 aliphatic carbocycles. The molecule has 1 N–H and O–H groups in total. The molecular formula is C17H16N2O4. The number of nitro benzene ring substituents is 1. The predicted octanol–water partition coefficient (Wildman–Crippen LogP) is 3.11. The highest BCUT2D eigenvalue weighted by Gasteiger charge is 2.33. The normalized spacial score (nSPS) is 16.0. The van der Waals surface area contributed by atoms with Crippen molar-refractivity contribution in [3.05, 3.63) is 62.1 Å². The van der Waals surface area contributed by atoms with Crippen molar-refractivity contribution in [3.8, 4) is 11.1 Å². The Morgan fingerprint density at radius 1 is 1.13 bits per heavy atom. The smallest absolute Gasteiger partial charge is 0.269 e. The van der Waals surface area contributed by atoms with E-state index in [1.165, 1.54) is 18.2 Å². The molecule has 0 radical (unpaired) electrons. The van der Waals surface area contributed by atoms with E-state index in [9.17, 15) is 19.7 Å². The van der Waals surface area contributed by atoms with Gasteiger partial charge in [-0.2, -0.15) is 0 Å². The van der Waals surface area contributed by atoms with E-state index < -0.39 is 4.92 Å². The Balaban J connectivity index is 2.17. The largest absolute Gasteiger partial charge is 0.325 e. The number of nitro groups is 1. The Hall–Kier alpha value is -2.76. The van der Waals surface area contributed by atoms with Crippen molar-refractivity contribution in [3.63, 3.8) is 0 Å². The van der Waals surface area contributed by atoms with E-state index in [1.807, 2.05) is 13.8 Å². The van der Waals surface area contributed by atoms with Crippen LogP contribution in [0.1, 0.15) is 36.3 Å². The van der Waals surface area contributed by atoms with Gasteiger partial charge in [-0.05, 0) is 35.1 Å². The maximum absolute atomic E-state index is 12.6. The summed E-state index contributed by atoms with van der Waals surface area (Å²) in [7, 11) is 0. The van der Waals surface area contributed by atoms with Gasteiger partial charge in [-0.3, -0.25) is 19.7 Å². The number of nitrogens with one attached hydrogen (secondary N) is 1. The number of ketones is 1. The van der Waals surface area contributed by atoms with E-state index in [4.69, 9.17) is 0 Å². The summed E-state index contributed by atoms with van der Waals surface area (Å²) in [4.78, 5) is 37.5. The van der Waals surface area contributed by atoms with Crippen molar-refractivity contribution >= 4 is 11.5 Å². The minimum Gasteiger partial charge on any atom is -0.325 e. The molecule has 0 saturated carbocycles. The molecule has 3 rings (SSSR count). The van der Waals surface area contributed by atoms with Crippen LogP contribution < -0.4 is 5.56 Å². The zero-order chi connectivity index (χ0) is 16.8. The first kappa shape index (κ1) is 15.1. The van der Waals surface area contributed by atoms with Crippen molar-refractivity contribution in [2.24, 2.45) is 5.41 Å². The Morgan fingerprint density at radius 3 is 2.39 bits per heavy atom. The molecule has 1 heterocycles. The molecule has 0 bridgehead atoms. The highest BCUT2D eigenvalue weighted by atomic mass is 16.6. The molecule has 23 heavy (non-hydrogen) atoms. The second-order valence-electron chi connectivity index (χ2n) is 6.65. The SMILES string of the molecule is CC1(C)CC(=O)c2c(-c3ccc([N+](=O)[O-])cc3)cc(=O)[nH]c2C1. The van der Waals surface area contributed by atoms with Crippen LogP contribution in [-0.2, 0) is 6.42 Å². The van der Waals surface area contributed by atoms with Crippen LogP contribution in [0.5, 0.6) is 0 Å². The standard InChI is InChI=1S/C17H16N2O4/c1-17(2)8-13-16(14(20)9-17)12(7-15(21)18-13)10-3-5-11(6-4-10)19(22)23/h3-7H,8-9H2,1-2H3,(H,18,21). The molecule has 0 saturated heterocycles. The lowest BCUT2D eigenvalue weighted by Gasteiger charge is -2.30. The zero-order valence-corrected chi connectivity index (χ0v) is 12.9. The van der Waals surface area contributed by atoms with Crippen LogP contribution in [0.2, 0.25) is 0 Å². The number of fused-ring (bicyclic) bond motifs is 1. The van der Waals surface area contributed by atoms with Crippen LogP contribution in [0, 0.1) is 15.5 Å². The fraction of sp³-hybridized carbons (Fsp3) is 0.294. The van der Waals surface area contributed by atoms with Crippen LogP contribution in [0.3, 0.4) is 0 Å². The lowest BCUT2D eigenvalue weighted by atomic mass is 9.74. The first-order valence-corrected chi connectivity index (χ1v) is 7.31. The maximum atomic E-state index is 12.6. The number of carbonyl (C=O) groups is 1. The van der Waals surface area contributed by atoms with E-state index in [0.717, 1.165) is 0 Å². The monoisotopic (exact) mass is 312 g/mol. The molecular weight excluding hydrogens is 296 g/mol. The van der Waals surface area contributed by atoms with Gasteiger partial charge in [0.15, 0.2) is 5.78 Å². The van der Waals surface area contributed by atoms with Crippen molar-refractivity contribution in [2.45, 2.75) is 26.7 Å². The number of carbonyl (C=O) groups excluding carboxylic acids is 1. The molecule has 0 aliphatic heterocycles. The Bertz CT molecular complexity index is 863. The number of Topliss-reactive ketones (excluding diaryl/α,β-unsaturated/α-hetero) is 1. The average molecular weight is 312 g/mol. The van der Waals surface area contributed by atoms with E-state index in [-0.39, 0.29) is 22.4 Å². The summed E-state index contributed by atoms with van der Waals surface area (Å²) < 4.78 is 0. The van der Waals surface area contributed by atoms with Gasteiger partial charge >= 0.3 is 0 Å². The number of rotatable bonds is 2. The summed E-state index contributed by atoms with van der Waals surface area (Å²) in [6, 6.07) is 7.27. The van der Waals surface area contributed by atoms with Gasteiger partial charge in [-0.15, -0.1) is 0 Å². The molecule has 6 heteroatoms. The first-order valence-electron chi connectivity index (χ1n) is 7.31. The minimum atomic E-state index is -0.481. The number of aromatic nitrogens is 1. The third-order valence-electron chi connectivity index (χ3n) is 4.08. The fourth-order valence-corrected chi connectivity index (χ4v) is 3.12. The number of benzene rings is 1. The minimum absolute atomic E-state index is 0.0131. The van der Waals surface area contributed by atoms with Crippen molar-refractivity contribution in [2.75, 3.05) is 0 Å². The van der Waals surface area contributed by atoms with E-state index >= 15 is 0 Å². The van der Waals surface area contributed by atoms with Gasteiger partial charge in [0.05, 0.1) is 4.92 Å². The van der Waals surface area contributed by atoms with Gasteiger partial charge in [0.1, 0.15) is 0 Å². The second kappa shape index (κ2) is 5.15. The summed E-state index contributed by atoms with van der Waals surface area (Å²) in [5, 5.41) is 10.8. The lowest BCUT2D eigenvalue weighted by Crippen LogP contribution is -2.30. The second-order valence-corrected chi connectivity index (χ2v) is 6.65. The molecule has 1 aromatic carbocycles. The number of aromatic amines is 1. The molecule has 0 unspecified atom stereocenters. The van der Waals surface area contributed by atoms with Gasteiger partial charge in [0, 0.05) is 35.9 Å². The van der Waals surface area contributed by atoms with E-state index in [2.05, 4.69) is 4.98 Å². The Labute approximate surface area is 132 Å². The summed E-state index contributed by atoms with van der Waals surface area (Å²) in [6.07, 6.45) is 1.02. The van der Waals surface area contributed by atoms with Crippen molar-refractivity contribution < 1.29 is 9.72 Å². The topological polar surface area (TPSA) is 93.1 Å². The van der Waals surface area contributed by atoms with Crippen LogP contribution >= 0.6 is 0 Å². The highest BCUT2D eigenvalue weighted by Crippen LogP contribution is 2.37. The Morgan fingerprint density at radius 2 is 1.78 bits per heavy atom. The number of non-ortho nitro benzene ring substituents is 1. The molecule has 0 amide bonds. The molecule has 0 fully saturated rings. The van der Waals surface area contributed by atoms with Gasteiger partial charge in [-0.1, -0.05) is 13.8 Å². The summed E-state index contributed by atoms with van der Waals surface area (Å²) >= 11 is 0. The summed E-state index contributed by atoms with van der Waals surface area (Å²) in [6.45, 7) is 3.98. The third kappa shape index (κ3) is 2.79. The van der Waals surface area contributed by atoms with Crippen LogP contribution in [0.25, 0.3) is 11.1 Å². The van der Waals surface area contributed by atoms with E-state index in [1.54, 1.807) is 12.1 Å². The van der Waals surface area contributed by atoms with E-state index in [0.29, 0.717) is 35.2 Å². The van der Waals surface area contributed by atoms with Crippen LogP contribution in [0.15, 0.2) is 35.1 Å². The molecule has 118 valence electrons. The highest BCUT2D eigenvalue weighted by molar-refractivity contribution is 6.04. The summed E-state index contributed by atoms with van der Waals surface area (Å²) in [5.41, 5.74) is 1.85. The molecule has 2 aromatic rings. The van der Waals surface area contributed by atoms with Gasteiger partial charge in [0.25, 0.3) is 5.69 Å². The van der Waals surface area contributed by atoms with Crippen molar-refractivity contribution in [1.29, 1.82) is 0 Å². The molecule has 1 aliphatic rings. The number of hydrogen-bond acceptors (Lipinski definition) is 4. The van der Waals surface area contributed by atoms with Crippen molar-refractivity contribution in [1.82, 2.24) is 4.98 Å². The number of nitrogens with zero attached hydrogens (tertiary/aromatic N) is 1. The predicted molar refractivity (Wildman–Crippen MR) is 85.6 cm³/mol. The molecule has 0 spiro atoms. The number of hydrogen-bond donors (Lipinski definition) is 1. The van der Waals surface area contributed by atoms with Gasteiger partial charge in [-0.25, -0.2) is 0 Å². The van der Waals surface area contributed by atoms with Crippen LogP contribution in [0.4, 0.5) is 5.69 Å². The average Bonchev–Trinajstić information content (AvgIpc) is 2.44. The van der Waals surface area contributed by atoms with Gasteiger partial charge < -0.3 is 4.98 Å². The lowest BCUT2D eigenvalue weighted by molar-refractivity contribution is -0.384. The maximum Gasteiger partial charge on any atom is 0.269 e. The fourth-order valence-electron chi connectivity index (χ4n) is 3.12. The number of H-pyrrole nitrogens is 1. The Kier molecular flexibility index (Phi) is 3.39.